The summed E-state index contributed by atoms with van der Waals surface area (Å²) in [7, 11) is 0. The van der Waals surface area contributed by atoms with E-state index in [-0.39, 0.29) is 0 Å². The summed E-state index contributed by atoms with van der Waals surface area (Å²) in [5.74, 6) is 8.93. The van der Waals surface area contributed by atoms with Gasteiger partial charge in [0.1, 0.15) is 5.69 Å². The molecule has 1 aliphatic carbocycles. The van der Waals surface area contributed by atoms with E-state index in [0.29, 0.717) is 0 Å². The van der Waals surface area contributed by atoms with Gasteiger partial charge in [-0.05, 0) is 97.5 Å². The number of hydrogen-bond donors (Lipinski definition) is 0. The second-order valence-electron chi connectivity index (χ2n) is 9.40. The van der Waals surface area contributed by atoms with Crippen molar-refractivity contribution in [1.82, 2.24) is 9.88 Å². The van der Waals surface area contributed by atoms with Gasteiger partial charge in [-0.1, -0.05) is 54.8 Å². The van der Waals surface area contributed by atoms with Gasteiger partial charge in [-0.15, -0.1) is 0 Å². The van der Waals surface area contributed by atoms with Crippen LogP contribution >= 0.6 is 11.6 Å². The highest BCUT2D eigenvalue weighted by Crippen LogP contribution is 2.48. The van der Waals surface area contributed by atoms with E-state index >= 15 is 0 Å². The molecule has 1 aliphatic heterocycles. The van der Waals surface area contributed by atoms with Crippen molar-refractivity contribution in [2.24, 2.45) is 11.8 Å². The molecule has 2 atom stereocenters. The summed E-state index contributed by atoms with van der Waals surface area (Å²) in [6.45, 7) is 6.23. The van der Waals surface area contributed by atoms with Crippen molar-refractivity contribution in [1.29, 1.82) is 0 Å². The zero-order valence-electron chi connectivity index (χ0n) is 18.6. The Morgan fingerprint density at radius 3 is 2.31 bits per heavy atom. The predicted octanol–water partition coefficient (Wildman–Crippen LogP) is 6.64. The van der Waals surface area contributed by atoms with Crippen LogP contribution in [-0.2, 0) is 0 Å². The number of hydrogen-bond acceptors (Lipinski definition) is 2. The van der Waals surface area contributed by atoms with Crippen LogP contribution in [0.4, 0.5) is 0 Å². The molecule has 5 rings (SSSR count). The Bertz CT molecular complexity index is 1100. The monoisotopic (exact) mass is 440 g/mol. The minimum Gasteiger partial charge on any atom is -0.303 e. The SMILES string of the molecule is CC1CCN(C[C@H]2C[C@@H]2c2ccc(C#Cc3ccc(-c4ccc(Cl)cc4)cn3)cc2)CC1. The quantitative estimate of drug-likeness (QED) is 0.423. The van der Waals surface area contributed by atoms with Crippen molar-refractivity contribution < 1.29 is 0 Å². The van der Waals surface area contributed by atoms with E-state index < -0.39 is 0 Å². The Kier molecular flexibility index (Phi) is 6.30. The van der Waals surface area contributed by atoms with E-state index in [1.807, 2.05) is 36.5 Å². The summed E-state index contributed by atoms with van der Waals surface area (Å²) in [6, 6.07) is 20.7. The smallest absolute Gasteiger partial charge is 0.113 e. The first-order valence-electron chi connectivity index (χ1n) is 11.7. The molecule has 2 nitrogen and oxygen atoms in total. The Morgan fingerprint density at radius 1 is 0.906 bits per heavy atom. The number of nitrogens with zero attached hydrogens (tertiary/aromatic N) is 2. The second kappa shape index (κ2) is 9.49. The molecule has 0 N–H and O–H groups in total. The first-order chi connectivity index (χ1) is 15.6. The minimum atomic E-state index is 0.735. The first kappa shape index (κ1) is 21.3. The molecule has 162 valence electrons. The number of aromatic nitrogens is 1. The van der Waals surface area contributed by atoms with Crippen LogP contribution in [0.1, 0.15) is 48.9 Å². The maximum absolute atomic E-state index is 5.97. The topological polar surface area (TPSA) is 16.1 Å². The second-order valence-corrected chi connectivity index (χ2v) is 9.83. The van der Waals surface area contributed by atoms with Crippen molar-refractivity contribution >= 4 is 11.6 Å². The fourth-order valence-electron chi connectivity index (χ4n) is 4.66. The van der Waals surface area contributed by atoms with Crippen LogP contribution in [0.15, 0.2) is 66.9 Å². The van der Waals surface area contributed by atoms with E-state index in [4.69, 9.17) is 11.6 Å². The Balaban J connectivity index is 1.17. The van der Waals surface area contributed by atoms with Gasteiger partial charge >= 0.3 is 0 Å². The minimum absolute atomic E-state index is 0.735. The Morgan fingerprint density at radius 2 is 1.62 bits per heavy atom. The van der Waals surface area contributed by atoms with E-state index in [1.54, 1.807) is 0 Å². The summed E-state index contributed by atoms with van der Waals surface area (Å²) in [6.07, 6.45) is 5.93. The molecule has 3 aromatic rings. The molecule has 0 bridgehead atoms. The fraction of sp³-hybridized carbons (Fsp3) is 0.345. The van der Waals surface area contributed by atoms with Gasteiger partial charge in [-0.25, -0.2) is 4.98 Å². The Labute approximate surface area is 196 Å². The Hall–Kier alpha value is -2.60. The van der Waals surface area contributed by atoms with Crippen LogP contribution in [0.25, 0.3) is 11.1 Å². The molecule has 2 fully saturated rings. The highest BCUT2D eigenvalue weighted by atomic mass is 35.5. The molecule has 1 saturated heterocycles. The lowest BCUT2D eigenvalue weighted by Gasteiger charge is -2.30. The third kappa shape index (κ3) is 5.23. The van der Waals surface area contributed by atoms with E-state index in [0.717, 1.165) is 45.2 Å². The van der Waals surface area contributed by atoms with Crippen molar-refractivity contribution in [2.75, 3.05) is 19.6 Å². The van der Waals surface area contributed by atoms with Crippen molar-refractivity contribution in [3.63, 3.8) is 0 Å². The van der Waals surface area contributed by atoms with Gasteiger partial charge in [0.15, 0.2) is 0 Å². The normalized spacial score (nSPS) is 21.1. The molecule has 1 saturated carbocycles. The molecular formula is C29H29ClN2. The number of benzene rings is 2. The zero-order chi connectivity index (χ0) is 21.9. The van der Waals surface area contributed by atoms with Gasteiger partial charge in [0, 0.05) is 28.9 Å². The summed E-state index contributed by atoms with van der Waals surface area (Å²) in [5, 5.41) is 0.740. The fourth-order valence-corrected chi connectivity index (χ4v) is 4.79. The number of halogens is 1. The predicted molar refractivity (Wildman–Crippen MR) is 133 cm³/mol. The highest BCUT2D eigenvalue weighted by Gasteiger charge is 2.39. The molecule has 0 unspecified atom stereocenters. The lowest BCUT2D eigenvalue weighted by Crippen LogP contribution is -2.34. The number of pyridine rings is 1. The molecule has 0 spiro atoms. The average Bonchev–Trinajstić information content (AvgIpc) is 3.59. The first-order valence-corrected chi connectivity index (χ1v) is 12.1. The van der Waals surface area contributed by atoms with Crippen LogP contribution < -0.4 is 0 Å². The lowest BCUT2D eigenvalue weighted by atomic mass is 9.99. The molecule has 1 aromatic heterocycles. The molecular weight excluding hydrogens is 412 g/mol. The summed E-state index contributed by atoms with van der Waals surface area (Å²) >= 11 is 5.97. The van der Waals surface area contributed by atoms with Crippen molar-refractivity contribution in [3.8, 4) is 23.0 Å². The van der Waals surface area contributed by atoms with Gasteiger partial charge in [0.2, 0.25) is 0 Å². The average molecular weight is 441 g/mol. The maximum Gasteiger partial charge on any atom is 0.113 e. The molecule has 2 heterocycles. The van der Waals surface area contributed by atoms with Gasteiger partial charge < -0.3 is 4.90 Å². The van der Waals surface area contributed by atoms with E-state index in [1.165, 1.54) is 44.5 Å². The van der Waals surface area contributed by atoms with Gasteiger partial charge in [-0.3, -0.25) is 0 Å². The summed E-state index contributed by atoms with van der Waals surface area (Å²) < 4.78 is 0. The maximum atomic E-state index is 5.97. The van der Waals surface area contributed by atoms with Crippen LogP contribution in [0.3, 0.4) is 0 Å². The third-order valence-electron chi connectivity index (χ3n) is 6.91. The van der Waals surface area contributed by atoms with E-state index in [2.05, 4.69) is 59.0 Å². The van der Waals surface area contributed by atoms with Gasteiger partial charge in [-0.2, -0.15) is 0 Å². The lowest BCUT2D eigenvalue weighted by molar-refractivity contribution is 0.185. The van der Waals surface area contributed by atoms with Gasteiger partial charge in [0.25, 0.3) is 0 Å². The van der Waals surface area contributed by atoms with E-state index in [9.17, 15) is 0 Å². The van der Waals surface area contributed by atoms with Gasteiger partial charge in [0.05, 0.1) is 0 Å². The highest BCUT2D eigenvalue weighted by molar-refractivity contribution is 6.30. The zero-order valence-corrected chi connectivity index (χ0v) is 19.4. The number of piperidine rings is 1. The van der Waals surface area contributed by atoms with Crippen LogP contribution in [0, 0.1) is 23.7 Å². The van der Waals surface area contributed by atoms with Crippen molar-refractivity contribution in [3.05, 3.63) is 88.7 Å². The molecule has 2 aromatic carbocycles. The molecule has 32 heavy (non-hydrogen) atoms. The summed E-state index contributed by atoms with van der Waals surface area (Å²) in [5.41, 5.74) is 5.46. The number of rotatable bonds is 4. The van der Waals surface area contributed by atoms with Crippen LogP contribution in [0.2, 0.25) is 5.02 Å². The largest absolute Gasteiger partial charge is 0.303 e. The summed E-state index contributed by atoms with van der Waals surface area (Å²) in [4.78, 5) is 7.18. The molecule has 0 amide bonds. The van der Waals surface area contributed by atoms with Crippen molar-refractivity contribution in [2.45, 2.75) is 32.1 Å². The third-order valence-corrected chi connectivity index (χ3v) is 7.16. The molecule has 3 heteroatoms. The van der Waals surface area contributed by atoms with Crippen LogP contribution in [-0.4, -0.2) is 29.5 Å². The van der Waals surface area contributed by atoms with Crippen LogP contribution in [0.5, 0.6) is 0 Å². The molecule has 2 aliphatic rings. The number of likely N-dealkylation sites (tertiary alicyclic amines) is 1. The molecule has 0 radical (unpaired) electrons. The standard InChI is InChI=1S/C29H29ClN2/c1-21-14-16-32(17-15-21)20-26-18-29(26)24-5-2-22(3-6-24)4-12-28-13-9-25(19-31-28)23-7-10-27(30)11-8-23/h2-3,5-11,13,19,21,26,29H,14-18,20H2,1H3/t26-,29-/m1/s1.